The predicted molar refractivity (Wildman–Crippen MR) is 120 cm³/mol. The maximum absolute atomic E-state index is 14.7. The molecule has 1 fully saturated rings. The Hall–Kier alpha value is -3.26. The lowest BCUT2D eigenvalue weighted by Crippen LogP contribution is -2.55. The summed E-state index contributed by atoms with van der Waals surface area (Å²) in [5, 5.41) is 14.6. The molecule has 2 aliphatic heterocycles. The number of aliphatic hydroxyl groups excluding tert-OH is 1. The maximum atomic E-state index is 14.7. The van der Waals surface area contributed by atoms with E-state index in [1.54, 1.807) is 6.07 Å². The Morgan fingerprint density at radius 3 is 2.54 bits per heavy atom. The molecule has 2 aliphatic rings. The fraction of sp³-hybridized carbons (Fsp3) is 0.348. The van der Waals surface area contributed by atoms with E-state index in [9.17, 15) is 41.4 Å². The molecule has 2 heterocycles. The van der Waals surface area contributed by atoms with Gasteiger partial charge in [-0.25, -0.2) is 0 Å². The molecular formula is C23H19BrF5N3O5. The second-order valence-electron chi connectivity index (χ2n) is 8.49. The van der Waals surface area contributed by atoms with Gasteiger partial charge >= 0.3 is 12.3 Å². The zero-order valence-electron chi connectivity index (χ0n) is 18.7. The van der Waals surface area contributed by atoms with Crippen LogP contribution in [0.3, 0.4) is 0 Å². The van der Waals surface area contributed by atoms with Crippen LogP contribution in [0, 0.1) is 0 Å². The van der Waals surface area contributed by atoms with Crippen LogP contribution in [0.25, 0.3) is 0 Å². The van der Waals surface area contributed by atoms with E-state index in [4.69, 9.17) is 0 Å². The Balaban J connectivity index is 1.41. The number of alkyl halides is 5. The van der Waals surface area contributed by atoms with Gasteiger partial charge in [-0.2, -0.15) is 8.78 Å². The number of rotatable bonds is 6. The third-order valence-corrected chi connectivity index (χ3v) is 6.62. The van der Waals surface area contributed by atoms with Gasteiger partial charge in [-0.05, 0) is 57.7 Å². The molecule has 3 amide bonds. The minimum atomic E-state index is -5.02. The molecule has 0 radical (unpaired) electrons. The predicted octanol–water partition coefficient (Wildman–Crippen LogP) is 3.31. The number of ether oxygens (including phenoxy) is 1. The number of aliphatic hydroxyl groups is 1. The Kier molecular flexibility index (Phi) is 7.16. The summed E-state index contributed by atoms with van der Waals surface area (Å²) in [6.07, 6.45) is -5.80. The summed E-state index contributed by atoms with van der Waals surface area (Å²) in [5.74, 6) is -7.15. The van der Waals surface area contributed by atoms with E-state index in [1.165, 1.54) is 17.0 Å². The van der Waals surface area contributed by atoms with E-state index in [0.717, 1.165) is 0 Å². The van der Waals surface area contributed by atoms with Crippen LogP contribution in [0.1, 0.15) is 39.9 Å². The number of fused-ring (bicyclic) bond motifs is 1. The van der Waals surface area contributed by atoms with Crippen LogP contribution in [-0.2, 0) is 28.6 Å². The molecule has 2 aromatic rings. The Morgan fingerprint density at radius 1 is 1.16 bits per heavy atom. The highest BCUT2D eigenvalue weighted by Crippen LogP contribution is 2.36. The third-order valence-electron chi connectivity index (χ3n) is 6.00. The summed E-state index contributed by atoms with van der Waals surface area (Å²) in [4.78, 5) is 37.9. The van der Waals surface area contributed by atoms with Gasteiger partial charge in [0.25, 0.3) is 11.8 Å². The molecule has 2 atom stereocenters. The van der Waals surface area contributed by atoms with Crippen molar-refractivity contribution in [3.63, 3.8) is 0 Å². The zero-order valence-corrected chi connectivity index (χ0v) is 20.3. The minimum Gasteiger partial charge on any atom is -0.405 e. The van der Waals surface area contributed by atoms with Crippen LogP contribution in [0.15, 0.2) is 40.9 Å². The summed E-state index contributed by atoms with van der Waals surface area (Å²) < 4.78 is 69.9. The van der Waals surface area contributed by atoms with Crippen molar-refractivity contribution < 1.29 is 46.2 Å². The molecule has 2 unspecified atom stereocenters. The van der Waals surface area contributed by atoms with E-state index in [-0.39, 0.29) is 37.7 Å². The van der Waals surface area contributed by atoms with Crippen molar-refractivity contribution in [1.29, 1.82) is 0 Å². The lowest BCUT2D eigenvalue weighted by molar-refractivity contribution is -0.274. The fourth-order valence-corrected chi connectivity index (χ4v) is 4.66. The maximum Gasteiger partial charge on any atom is 0.573 e. The topological polar surface area (TPSA) is 108 Å². The second kappa shape index (κ2) is 9.89. The van der Waals surface area contributed by atoms with Crippen LogP contribution in [-0.4, -0.2) is 46.4 Å². The summed E-state index contributed by atoms with van der Waals surface area (Å²) in [6, 6.07) is 5.91. The number of nitrogens with zero attached hydrogens (tertiary/aromatic N) is 1. The molecule has 1 saturated heterocycles. The summed E-state index contributed by atoms with van der Waals surface area (Å²) >= 11 is 2.73. The Bertz CT molecular complexity index is 1260. The lowest BCUT2D eigenvalue weighted by Gasteiger charge is -2.35. The number of carbonyl (C=O) groups is 3. The van der Waals surface area contributed by atoms with Gasteiger partial charge in [0.15, 0.2) is 0 Å². The average molecular weight is 592 g/mol. The molecule has 0 spiro atoms. The van der Waals surface area contributed by atoms with Crippen molar-refractivity contribution in [3.8, 4) is 5.75 Å². The summed E-state index contributed by atoms with van der Waals surface area (Å²) in [5.41, 5.74) is 0.497. The van der Waals surface area contributed by atoms with E-state index in [0.29, 0.717) is 34.9 Å². The van der Waals surface area contributed by atoms with Crippen molar-refractivity contribution in [1.82, 2.24) is 15.5 Å². The number of amides is 3. The summed E-state index contributed by atoms with van der Waals surface area (Å²) in [7, 11) is 0. The number of halogens is 6. The van der Waals surface area contributed by atoms with E-state index >= 15 is 0 Å². The van der Waals surface area contributed by atoms with Gasteiger partial charge in [0, 0.05) is 30.6 Å². The Labute approximate surface area is 214 Å². The number of benzene rings is 2. The van der Waals surface area contributed by atoms with Gasteiger partial charge in [0.1, 0.15) is 12.0 Å². The molecule has 0 saturated carbocycles. The van der Waals surface area contributed by atoms with Crippen molar-refractivity contribution in [2.75, 3.05) is 0 Å². The molecule has 8 nitrogen and oxygen atoms in total. The summed E-state index contributed by atoms with van der Waals surface area (Å²) in [6.45, 7) is -0.182. The molecule has 3 N–H and O–H groups in total. The fourth-order valence-electron chi connectivity index (χ4n) is 4.20. The molecule has 37 heavy (non-hydrogen) atoms. The van der Waals surface area contributed by atoms with Gasteiger partial charge in [0.2, 0.25) is 5.91 Å². The molecule has 14 heteroatoms. The van der Waals surface area contributed by atoms with E-state index < -0.39 is 46.2 Å². The molecule has 2 aromatic carbocycles. The van der Waals surface area contributed by atoms with Crippen LogP contribution in [0.2, 0.25) is 0 Å². The normalized spacial score (nSPS) is 19.9. The molecule has 198 valence electrons. The van der Waals surface area contributed by atoms with Crippen LogP contribution in [0.4, 0.5) is 22.0 Å². The first-order chi connectivity index (χ1) is 17.3. The number of hydrogen-bond donors (Lipinski definition) is 3. The number of piperidine rings is 1. The monoisotopic (exact) mass is 591 g/mol. The van der Waals surface area contributed by atoms with Gasteiger partial charge < -0.3 is 25.4 Å². The highest BCUT2D eigenvalue weighted by molar-refractivity contribution is 9.10. The van der Waals surface area contributed by atoms with Gasteiger partial charge in [0.05, 0.1) is 10.5 Å². The van der Waals surface area contributed by atoms with Gasteiger partial charge in [-0.1, -0.05) is 12.1 Å². The first-order valence-electron chi connectivity index (χ1n) is 10.9. The molecular weight excluding hydrogens is 573 g/mol. The quantitative estimate of drug-likeness (QED) is 0.447. The molecule has 0 aromatic heterocycles. The first kappa shape index (κ1) is 26.8. The highest BCUT2D eigenvalue weighted by atomic mass is 79.9. The van der Waals surface area contributed by atoms with Crippen molar-refractivity contribution in [3.05, 3.63) is 63.1 Å². The molecule has 4 rings (SSSR count). The van der Waals surface area contributed by atoms with Gasteiger partial charge in [-0.3, -0.25) is 14.4 Å². The van der Waals surface area contributed by atoms with Crippen LogP contribution in [0.5, 0.6) is 5.75 Å². The third kappa shape index (κ3) is 5.69. The lowest BCUT2D eigenvalue weighted by atomic mass is 10.0. The number of carbonyl (C=O) groups excluding carboxylic acids is 3. The number of hydrogen-bond acceptors (Lipinski definition) is 5. The van der Waals surface area contributed by atoms with Crippen LogP contribution >= 0.6 is 15.9 Å². The van der Waals surface area contributed by atoms with E-state index in [2.05, 4.69) is 31.3 Å². The van der Waals surface area contributed by atoms with Crippen molar-refractivity contribution in [2.24, 2.45) is 0 Å². The second-order valence-corrected chi connectivity index (χ2v) is 9.35. The van der Waals surface area contributed by atoms with Crippen molar-refractivity contribution >= 4 is 33.7 Å². The Morgan fingerprint density at radius 2 is 1.89 bits per heavy atom. The average Bonchev–Trinajstić information content (AvgIpc) is 3.13. The largest absolute Gasteiger partial charge is 0.573 e. The van der Waals surface area contributed by atoms with Gasteiger partial charge in [-0.15, -0.1) is 13.2 Å². The number of nitrogens with one attached hydrogen (secondary N) is 2. The molecule has 0 aliphatic carbocycles. The molecule has 0 bridgehead atoms. The SMILES string of the molecule is O=C1CCC(N2Cc3cc(CNC(=O)C(F)(F)c4ccc(OC(F)(F)F)c(Br)c4)ccc3C2=O)C(O)N1. The minimum absolute atomic E-state index is 0.129. The highest BCUT2D eigenvalue weighted by Gasteiger charge is 2.42. The zero-order chi connectivity index (χ0) is 27.1. The first-order valence-corrected chi connectivity index (χ1v) is 11.7. The van der Waals surface area contributed by atoms with Crippen LogP contribution < -0.4 is 15.4 Å². The smallest absolute Gasteiger partial charge is 0.405 e. The van der Waals surface area contributed by atoms with E-state index in [1.807, 2.05) is 0 Å². The van der Waals surface area contributed by atoms with Crippen molar-refractivity contribution in [2.45, 2.75) is 50.5 Å². The standard InChI is InChI=1S/C23H19BrF5N3O5/c24-15-8-13(2-5-17(15)37-23(27,28)29)22(25,26)21(36)30-9-11-1-3-14-12(7-11)10-32(20(14)35)16-4-6-18(33)31-19(16)34/h1-3,5,7-8,16,19,34H,4,6,9-10H2,(H,30,36)(H,31,33).